The van der Waals surface area contributed by atoms with Crippen molar-refractivity contribution in [2.24, 2.45) is 0 Å². The van der Waals surface area contributed by atoms with Gasteiger partial charge < -0.3 is 5.11 Å². The summed E-state index contributed by atoms with van der Waals surface area (Å²) in [5, 5.41) is 13.0. The molecule has 2 aromatic carbocycles. The molecule has 0 aliphatic rings. The molecule has 94 valence electrons. The van der Waals surface area contributed by atoms with Crippen molar-refractivity contribution in [2.75, 3.05) is 0 Å². The molecule has 1 N–H and O–H groups in total. The number of carboxylic acid groups (broad SMARTS) is 1. The average molecular weight is 286 g/mol. The van der Waals surface area contributed by atoms with Crippen molar-refractivity contribution in [2.45, 2.75) is 9.10 Å². The fourth-order valence-electron chi connectivity index (χ4n) is 1.98. The van der Waals surface area contributed by atoms with Crippen LogP contribution in [-0.4, -0.2) is 11.1 Å². The van der Waals surface area contributed by atoms with E-state index in [1.807, 2.05) is 41.8 Å². The van der Waals surface area contributed by atoms with Crippen molar-refractivity contribution in [1.29, 1.82) is 0 Å². The molecule has 19 heavy (non-hydrogen) atoms. The molecule has 0 unspecified atom stereocenters. The highest BCUT2D eigenvalue weighted by molar-refractivity contribution is 8.01. The Morgan fingerprint density at radius 2 is 1.79 bits per heavy atom. The molecule has 2 nitrogen and oxygen atoms in total. The molecule has 0 aliphatic heterocycles. The van der Waals surface area contributed by atoms with E-state index >= 15 is 0 Å². The first-order valence-corrected chi connectivity index (χ1v) is 7.42. The SMILES string of the molecule is O=C(O)c1ccc(Sc2cccs2)c2ccccc12. The van der Waals surface area contributed by atoms with E-state index in [0.717, 1.165) is 15.7 Å². The minimum absolute atomic E-state index is 0.353. The lowest BCUT2D eigenvalue weighted by Crippen LogP contribution is -1.97. The number of thiophene rings is 1. The van der Waals surface area contributed by atoms with Crippen LogP contribution in [0.2, 0.25) is 0 Å². The van der Waals surface area contributed by atoms with Crippen LogP contribution < -0.4 is 0 Å². The van der Waals surface area contributed by atoms with Gasteiger partial charge in [0.1, 0.15) is 0 Å². The van der Waals surface area contributed by atoms with E-state index in [1.54, 1.807) is 29.2 Å². The van der Waals surface area contributed by atoms with Gasteiger partial charge in [0.05, 0.1) is 9.77 Å². The highest BCUT2D eigenvalue weighted by atomic mass is 32.2. The minimum atomic E-state index is -0.885. The molecule has 0 atom stereocenters. The normalized spacial score (nSPS) is 10.7. The number of carboxylic acids is 1. The average Bonchev–Trinajstić information content (AvgIpc) is 2.91. The van der Waals surface area contributed by atoms with Crippen LogP contribution in [0, 0.1) is 0 Å². The summed E-state index contributed by atoms with van der Waals surface area (Å²) in [5.41, 5.74) is 0.353. The molecule has 4 heteroatoms. The fourth-order valence-corrected chi connectivity index (χ4v) is 3.84. The lowest BCUT2D eigenvalue weighted by molar-refractivity contribution is 0.0699. The first-order valence-electron chi connectivity index (χ1n) is 5.72. The molecular weight excluding hydrogens is 276 g/mol. The number of rotatable bonds is 3. The zero-order valence-corrected chi connectivity index (χ0v) is 11.5. The van der Waals surface area contributed by atoms with Gasteiger partial charge in [0.25, 0.3) is 0 Å². The molecule has 0 saturated heterocycles. The number of carbonyl (C=O) groups is 1. The Hall–Kier alpha value is -1.78. The Morgan fingerprint density at radius 3 is 2.47 bits per heavy atom. The molecule has 1 aromatic heterocycles. The van der Waals surface area contributed by atoms with Crippen molar-refractivity contribution < 1.29 is 9.90 Å². The predicted octanol–water partition coefficient (Wildman–Crippen LogP) is 4.75. The van der Waals surface area contributed by atoms with E-state index in [9.17, 15) is 9.90 Å². The minimum Gasteiger partial charge on any atom is -0.478 e. The largest absolute Gasteiger partial charge is 0.478 e. The van der Waals surface area contributed by atoms with Crippen molar-refractivity contribution >= 4 is 39.8 Å². The maximum atomic E-state index is 11.2. The Bertz CT molecular complexity index is 733. The maximum Gasteiger partial charge on any atom is 0.336 e. The predicted molar refractivity (Wildman–Crippen MR) is 79.3 cm³/mol. The van der Waals surface area contributed by atoms with Crippen LogP contribution in [0.15, 0.2) is 63.0 Å². The molecule has 0 aliphatic carbocycles. The van der Waals surface area contributed by atoms with Crippen LogP contribution in [0.1, 0.15) is 10.4 Å². The molecule has 0 bridgehead atoms. The highest BCUT2D eigenvalue weighted by Gasteiger charge is 2.11. The smallest absolute Gasteiger partial charge is 0.336 e. The third-order valence-electron chi connectivity index (χ3n) is 2.82. The number of hydrogen-bond donors (Lipinski definition) is 1. The topological polar surface area (TPSA) is 37.3 Å². The second-order valence-corrected chi connectivity index (χ2v) is 6.29. The molecule has 0 spiro atoms. The molecule has 0 amide bonds. The van der Waals surface area contributed by atoms with E-state index in [2.05, 4.69) is 6.07 Å². The molecular formula is C15H10O2S2. The standard InChI is InChI=1S/C15H10O2S2/c16-15(17)12-7-8-13(19-14-6-3-9-18-14)11-5-2-1-4-10(11)12/h1-9H,(H,16,17). The summed E-state index contributed by atoms with van der Waals surface area (Å²) < 4.78 is 1.20. The Kier molecular flexibility index (Phi) is 3.27. The number of hydrogen-bond acceptors (Lipinski definition) is 3. The van der Waals surface area contributed by atoms with Gasteiger partial charge in [-0.2, -0.15) is 0 Å². The van der Waals surface area contributed by atoms with Crippen LogP contribution in [0.25, 0.3) is 10.8 Å². The van der Waals surface area contributed by atoms with Gasteiger partial charge in [-0.25, -0.2) is 4.79 Å². The zero-order chi connectivity index (χ0) is 13.2. The molecule has 1 heterocycles. The lowest BCUT2D eigenvalue weighted by atomic mass is 10.0. The van der Waals surface area contributed by atoms with Crippen molar-refractivity contribution in [3.8, 4) is 0 Å². The summed E-state index contributed by atoms with van der Waals surface area (Å²) in [6, 6.07) is 15.3. The monoisotopic (exact) mass is 286 g/mol. The third-order valence-corrected chi connectivity index (χ3v) is 4.93. The van der Waals surface area contributed by atoms with Gasteiger partial charge in [0, 0.05) is 4.90 Å². The van der Waals surface area contributed by atoms with Crippen LogP contribution in [-0.2, 0) is 0 Å². The first kappa shape index (κ1) is 12.3. The summed E-state index contributed by atoms with van der Waals surface area (Å²) in [5.74, 6) is -0.885. The molecule has 0 radical (unpaired) electrons. The molecule has 0 saturated carbocycles. The quantitative estimate of drug-likeness (QED) is 0.755. The van der Waals surface area contributed by atoms with Gasteiger partial charge in [-0.05, 0) is 34.4 Å². The van der Waals surface area contributed by atoms with Gasteiger partial charge >= 0.3 is 5.97 Å². The van der Waals surface area contributed by atoms with Crippen LogP contribution in [0.5, 0.6) is 0 Å². The molecule has 0 fully saturated rings. The van der Waals surface area contributed by atoms with Gasteiger partial charge in [0.15, 0.2) is 0 Å². The summed E-state index contributed by atoms with van der Waals surface area (Å²) in [4.78, 5) is 12.3. The van der Waals surface area contributed by atoms with Crippen molar-refractivity contribution in [1.82, 2.24) is 0 Å². The van der Waals surface area contributed by atoms with E-state index < -0.39 is 5.97 Å². The van der Waals surface area contributed by atoms with Crippen molar-refractivity contribution in [3.63, 3.8) is 0 Å². The molecule has 3 rings (SSSR count). The summed E-state index contributed by atoms with van der Waals surface area (Å²) >= 11 is 3.35. The fraction of sp³-hybridized carbons (Fsp3) is 0. The highest BCUT2D eigenvalue weighted by Crippen LogP contribution is 2.36. The van der Waals surface area contributed by atoms with Crippen LogP contribution in [0.4, 0.5) is 0 Å². The number of benzene rings is 2. The van der Waals surface area contributed by atoms with Crippen LogP contribution >= 0.6 is 23.1 Å². The second-order valence-electron chi connectivity index (χ2n) is 4.00. The van der Waals surface area contributed by atoms with E-state index in [4.69, 9.17) is 0 Å². The second kappa shape index (κ2) is 5.07. The number of aromatic carboxylic acids is 1. The van der Waals surface area contributed by atoms with Gasteiger partial charge in [0.2, 0.25) is 0 Å². The first-order chi connectivity index (χ1) is 9.25. The van der Waals surface area contributed by atoms with Crippen LogP contribution in [0.3, 0.4) is 0 Å². The van der Waals surface area contributed by atoms with E-state index in [1.165, 1.54) is 4.21 Å². The van der Waals surface area contributed by atoms with Gasteiger partial charge in [-0.15, -0.1) is 11.3 Å². The van der Waals surface area contributed by atoms with E-state index in [-0.39, 0.29) is 0 Å². The third kappa shape index (κ3) is 2.37. The Balaban J connectivity index is 2.16. The zero-order valence-electron chi connectivity index (χ0n) is 9.87. The summed E-state index contributed by atoms with van der Waals surface area (Å²) in [6.45, 7) is 0. The van der Waals surface area contributed by atoms with E-state index in [0.29, 0.717) is 5.56 Å². The molecule has 3 aromatic rings. The Labute approximate surface area is 118 Å². The summed E-state index contributed by atoms with van der Waals surface area (Å²) in [7, 11) is 0. The van der Waals surface area contributed by atoms with Gasteiger partial charge in [-0.1, -0.05) is 42.1 Å². The Morgan fingerprint density at radius 1 is 1.00 bits per heavy atom. The summed E-state index contributed by atoms with van der Waals surface area (Å²) in [6.07, 6.45) is 0. The van der Waals surface area contributed by atoms with Gasteiger partial charge in [-0.3, -0.25) is 0 Å². The number of fused-ring (bicyclic) bond motifs is 1. The maximum absolute atomic E-state index is 11.2. The van der Waals surface area contributed by atoms with Crippen molar-refractivity contribution in [3.05, 3.63) is 59.5 Å². The lowest BCUT2D eigenvalue weighted by Gasteiger charge is -2.07.